The quantitative estimate of drug-likeness (QED) is 0.518. The van der Waals surface area contributed by atoms with Crippen molar-refractivity contribution in [3.05, 3.63) is 93.5 Å². The summed E-state index contributed by atoms with van der Waals surface area (Å²) in [4.78, 5) is 10.9. The van der Waals surface area contributed by atoms with E-state index in [9.17, 15) is 4.79 Å². The molecular formula is C21H17Cl2NO3. The summed E-state index contributed by atoms with van der Waals surface area (Å²) in [7, 11) is 0. The molecule has 0 unspecified atom stereocenters. The highest BCUT2D eigenvalue weighted by molar-refractivity contribution is 6.35. The smallest absolute Gasteiger partial charge is 0.335 e. The predicted octanol–water partition coefficient (Wildman–Crippen LogP) is 5.88. The van der Waals surface area contributed by atoms with Crippen LogP contribution in [0.2, 0.25) is 10.0 Å². The maximum Gasteiger partial charge on any atom is 0.335 e. The van der Waals surface area contributed by atoms with Crippen LogP contribution in [0.4, 0.5) is 5.69 Å². The molecule has 138 valence electrons. The molecular weight excluding hydrogens is 385 g/mol. The van der Waals surface area contributed by atoms with Crippen LogP contribution in [0, 0.1) is 0 Å². The normalized spacial score (nSPS) is 10.4. The van der Waals surface area contributed by atoms with Crippen LogP contribution in [-0.4, -0.2) is 11.1 Å². The minimum atomic E-state index is -0.938. The molecule has 0 amide bonds. The fraction of sp³-hybridized carbons (Fsp3) is 0.0952. The third-order valence-electron chi connectivity index (χ3n) is 3.94. The summed E-state index contributed by atoms with van der Waals surface area (Å²) in [6.45, 7) is 0.939. The minimum Gasteiger partial charge on any atom is -0.489 e. The van der Waals surface area contributed by atoms with E-state index in [4.69, 9.17) is 33.0 Å². The zero-order chi connectivity index (χ0) is 19.2. The summed E-state index contributed by atoms with van der Waals surface area (Å²) in [5.41, 5.74) is 3.01. The number of rotatable bonds is 7. The Morgan fingerprint density at radius 2 is 1.78 bits per heavy atom. The maximum absolute atomic E-state index is 10.9. The standard InChI is InChI=1S/C21H17Cl2NO3/c22-17-7-4-16(20(23)11-17)13-27-19-3-1-2-14(10-19)12-24-18-8-5-15(6-9-18)21(25)26/h1-11,24H,12-13H2,(H,25,26). The topological polar surface area (TPSA) is 58.6 Å². The highest BCUT2D eigenvalue weighted by Gasteiger charge is 2.04. The van der Waals surface area contributed by atoms with Gasteiger partial charge in [-0.05, 0) is 54.1 Å². The number of hydrogen-bond acceptors (Lipinski definition) is 3. The van der Waals surface area contributed by atoms with Gasteiger partial charge in [0.05, 0.1) is 5.56 Å². The minimum absolute atomic E-state index is 0.261. The van der Waals surface area contributed by atoms with Crippen molar-refractivity contribution >= 4 is 34.9 Å². The van der Waals surface area contributed by atoms with Gasteiger partial charge < -0.3 is 15.2 Å². The largest absolute Gasteiger partial charge is 0.489 e. The van der Waals surface area contributed by atoms with Crippen LogP contribution in [-0.2, 0) is 13.2 Å². The Morgan fingerprint density at radius 1 is 1.00 bits per heavy atom. The highest BCUT2D eigenvalue weighted by atomic mass is 35.5. The van der Waals surface area contributed by atoms with Crippen molar-refractivity contribution in [2.75, 3.05) is 5.32 Å². The van der Waals surface area contributed by atoms with E-state index in [1.54, 1.807) is 36.4 Å². The first-order valence-corrected chi connectivity index (χ1v) is 9.00. The average molecular weight is 402 g/mol. The van der Waals surface area contributed by atoms with E-state index in [0.29, 0.717) is 23.2 Å². The second-order valence-corrected chi connectivity index (χ2v) is 6.75. The van der Waals surface area contributed by atoms with E-state index < -0.39 is 5.97 Å². The van der Waals surface area contributed by atoms with Crippen LogP contribution in [0.5, 0.6) is 5.75 Å². The first-order valence-electron chi connectivity index (χ1n) is 8.24. The number of benzene rings is 3. The van der Waals surface area contributed by atoms with Crippen LogP contribution in [0.1, 0.15) is 21.5 Å². The number of aromatic carboxylic acids is 1. The molecule has 0 fully saturated rings. The van der Waals surface area contributed by atoms with E-state index in [0.717, 1.165) is 22.6 Å². The van der Waals surface area contributed by atoms with Crippen molar-refractivity contribution in [1.82, 2.24) is 0 Å². The van der Waals surface area contributed by atoms with E-state index in [-0.39, 0.29) is 5.56 Å². The Kier molecular flexibility index (Phi) is 6.22. The number of anilines is 1. The number of carboxylic acids is 1. The van der Waals surface area contributed by atoms with Crippen molar-refractivity contribution in [3.63, 3.8) is 0 Å². The maximum atomic E-state index is 10.9. The Balaban J connectivity index is 1.59. The van der Waals surface area contributed by atoms with E-state index in [1.165, 1.54) is 0 Å². The van der Waals surface area contributed by atoms with Gasteiger partial charge in [0.25, 0.3) is 0 Å². The SMILES string of the molecule is O=C(O)c1ccc(NCc2cccc(OCc3ccc(Cl)cc3Cl)c2)cc1. The van der Waals surface area contributed by atoms with Gasteiger partial charge in [0.2, 0.25) is 0 Å². The zero-order valence-corrected chi connectivity index (χ0v) is 15.8. The first kappa shape index (κ1) is 19.1. The summed E-state index contributed by atoms with van der Waals surface area (Å²) in [5, 5.41) is 13.4. The summed E-state index contributed by atoms with van der Waals surface area (Å²) < 4.78 is 5.83. The molecule has 0 radical (unpaired) electrons. The Labute approximate surface area is 167 Å². The van der Waals surface area contributed by atoms with Gasteiger partial charge >= 0.3 is 5.97 Å². The third-order valence-corrected chi connectivity index (χ3v) is 4.52. The second-order valence-electron chi connectivity index (χ2n) is 5.91. The molecule has 2 N–H and O–H groups in total. The molecule has 3 rings (SSSR count). The van der Waals surface area contributed by atoms with Crippen molar-refractivity contribution in [2.45, 2.75) is 13.2 Å². The van der Waals surface area contributed by atoms with Crippen molar-refractivity contribution < 1.29 is 14.6 Å². The van der Waals surface area contributed by atoms with Crippen LogP contribution in [0.15, 0.2) is 66.7 Å². The molecule has 0 saturated carbocycles. The predicted molar refractivity (Wildman–Crippen MR) is 108 cm³/mol. The van der Waals surface area contributed by atoms with Crippen molar-refractivity contribution in [2.24, 2.45) is 0 Å². The summed E-state index contributed by atoms with van der Waals surface area (Å²) >= 11 is 12.1. The van der Waals surface area contributed by atoms with Crippen molar-refractivity contribution in [1.29, 1.82) is 0 Å². The van der Waals surface area contributed by atoms with Gasteiger partial charge in [-0.25, -0.2) is 4.79 Å². The molecule has 0 saturated heterocycles. The van der Waals surface area contributed by atoms with Gasteiger partial charge in [-0.15, -0.1) is 0 Å². The molecule has 0 atom stereocenters. The molecule has 0 heterocycles. The summed E-state index contributed by atoms with van der Waals surface area (Å²) in [6, 6.07) is 19.7. The van der Waals surface area contributed by atoms with E-state index in [1.807, 2.05) is 30.3 Å². The molecule has 0 aliphatic carbocycles. The highest BCUT2D eigenvalue weighted by Crippen LogP contribution is 2.23. The van der Waals surface area contributed by atoms with Gasteiger partial charge in [0, 0.05) is 27.8 Å². The lowest BCUT2D eigenvalue weighted by molar-refractivity contribution is 0.0697. The van der Waals surface area contributed by atoms with Gasteiger partial charge in [-0.2, -0.15) is 0 Å². The lowest BCUT2D eigenvalue weighted by atomic mass is 10.2. The Bertz CT molecular complexity index is 942. The van der Waals surface area contributed by atoms with E-state index in [2.05, 4.69) is 5.32 Å². The molecule has 6 heteroatoms. The number of nitrogens with one attached hydrogen (secondary N) is 1. The van der Waals surface area contributed by atoms with Crippen LogP contribution in [0.25, 0.3) is 0 Å². The van der Waals surface area contributed by atoms with Crippen LogP contribution in [0.3, 0.4) is 0 Å². The Hall–Kier alpha value is -2.69. The second kappa shape index (κ2) is 8.80. The van der Waals surface area contributed by atoms with Crippen molar-refractivity contribution in [3.8, 4) is 5.75 Å². The number of ether oxygens (including phenoxy) is 1. The van der Waals surface area contributed by atoms with E-state index >= 15 is 0 Å². The van der Waals surface area contributed by atoms with Gasteiger partial charge in [-0.1, -0.05) is 41.4 Å². The zero-order valence-electron chi connectivity index (χ0n) is 14.3. The average Bonchev–Trinajstić information content (AvgIpc) is 2.66. The molecule has 0 aliphatic rings. The first-order chi connectivity index (χ1) is 13.0. The molecule has 3 aromatic carbocycles. The molecule has 27 heavy (non-hydrogen) atoms. The number of carbonyl (C=O) groups is 1. The monoisotopic (exact) mass is 401 g/mol. The lowest BCUT2D eigenvalue weighted by Crippen LogP contribution is -2.02. The molecule has 0 aromatic heterocycles. The lowest BCUT2D eigenvalue weighted by Gasteiger charge is -2.11. The summed E-state index contributed by atoms with van der Waals surface area (Å²) in [6.07, 6.45) is 0. The van der Waals surface area contributed by atoms with Crippen LogP contribution < -0.4 is 10.1 Å². The fourth-order valence-corrected chi connectivity index (χ4v) is 2.94. The number of hydrogen-bond donors (Lipinski definition) is 2. The molecule has 3 aromatic rings. The number of halogens is 2. The van der Waals surface area contributed by atoms with Gasteiger partial charge in [0.1, 0.15) is 12.4 Å². The van der Waals surface area contributed by atoms with Crippen LogP contribution >= 0.6 is 23.2 Å². The summed E-state index contributed by atoms with van der Waals surface area (Å²) in [5.74, 6) is -0.200. The van der Waals surface area contributed by atoms with Gasteiger partial charge in [-0.3, -0.25) is 0 Å². The third kappa shape index (κ3) is 5.39. The number of carboxylic acid groups (broad SMARTS) is 1. The molecule has 0 bridgehead atoms. The van der Waals surface area contributed by atoms with Gasteiger partial charge in [0.15, 0.2) is 0 Å². The Morgan fingerprint density at radius 3 is 2.48 bits per heavy atom. The molecule has 4 nitrogen and oxygen atoms in total. The molecule has 0 spiro atoms. The fourth-order valence-electron chi connectivity index (χ4n) is 2.48. The molecule has 0 aliphatic heterocycles.